The van der Waals surface area contributed by atoms with Crippen molar-refractivity contribution in [3.05, 3.63) is 29.6 Å². The van der Waals surface area contributed by atoms with Gasteiger partial charge in [0.05, 0.1) is 5.69 Å². The lowest BCUT2D eigenvalue weighted by molar-refractivity contribution is 0.401. The van der Waals surface area contributed by atoms with Crippen molar-refractivity contribution in [3.8, 4) is 0 Å². The first-order valence-electron chi connectivity index (χ1n) is 6.33. The van der Waals surface area contributed by atoms with E-state index < -0.39 is 0 Å². The van der Waals surface area contributed by atoms with Gasteiger partial charge in [-0.05, 0) is 45.6 Å². The number of nitrogens with zero attached hydrogens (tertiary/aromatic N) is 2. The van der Waals surface area contributed by atoms with Crippen molar-refractivity contribution in [1.82, 2.24) is 4.90 Å². The first-order valence-corrected chi connectivity index (χ1v) is 6.33. The van der Waals surface area contributed by atoms with Crippen LogP contribution in [0.4, 0.5) is 10.1 Å². The van der Waals surface area contributed by atoms with Gasteiger partial charge in [0, 0.05) is 19.6 Å². The number of nitrogens with two attached hydrogens (primary N) is 1. The molecule has 1 aromatic rings. The van der Waals surface area contributed by atoms with Gasteiger partial charge < -0.3 is 15.5 Å². The molecule has 0 aliphatic rings. The van der Waals surface area contributed by atoms with Crippen LogP contribution in [0.1, 0.15) is 24.9 Å². The summed E-state index contributed by atoms with van der Waals surface area (Å²) in [6, 6.07) is 4.94. The third-order valence-corrected chi connectivity index (χ3v) is 2.99. The Morgan fingerprint density at radius 2 is 1.89 bits per heavy atom. The van der Waals surface area contributed by atoms with Gasteiger partial charge in [0.15, 0.2) is 0 Å². The summed E-state index contributed by atoms with van der Waals surface area (Å²) in [5.74, 6) is -0.197. The lowest BCUT2D eigenvalue weighted by Crippen LogP contribution is -2.26. The first-order chi connectivity index (χ1) is 8.43. The van der Waals surface area contributed by atoms with Crippen LogP contribution in [0.15, 0.2) is 18.2 Å². The summed E-state index contributed by atoms with van der Waals surface area (Å²) in [6.45, 7) is 3.69. The molecule has 0 radical (unpaired) electrons. The summed E-state index contributed by atoms with van der Waals surface area (Å²) in [5.41, 5.74) is 7.39. The van der Waals surface area contributed by atoms with E-state index in [4.69, 9.17) is 5.73 Å². The minimum absolute atomic E-state index is 0.160. The average molecular weight is 253 g/mol. The Bertz CT molecular complexity index is 377. The molecular weight excluding hydrogens is 229 g/mol. The van der Waals surface area contributed by atoms with Crippen molar-refractivity contribution in [2.75, 3.05) is 39.1 Å². The Hall–Kier alpha value is -1.13. The molecule has 0 heterocycles. The molecule has 1 atom stereocenters. The highest BCUT2D eigenvalue weighted by Gasteiger charge is 2.15. The van der Waals surface area contributed by atoms with Crippen LogP contribution in [0, 0.1) is 5.82 Å². The zero-order valence-corrected chi connectivity index (χ0v) is 11.8. The van der Waals surface area contributed by atoms with Gasteiger partial charge in [-0.1, -0.05) is 12.1 Å². The summed E-state index contributed by atoms with van der Waals surface area (Å²) in [6.07, 6.45) is 0.996. The Morgan fingerprint density at radius 3 is 2.44 bits per heavy atom. The molecule has 0 aromatic heterocycles. The molecular formula is C14H24FN3. The topological polar surface area (TPSA) is 32.5 Å². The minimum atomic E-state index is -0.197. The van der Waals surface area contributed by atoms with Gasteiger partial charge in [0.1, 0.15) is 5.82 Å². The van der Waals surface area contributed by atoms with Crippen LogP contribution in [0.3, 0.4) is 0 Å². The quantitative estimate of drug-likeness (QED) is 0.844. The van der Waals surface area contributed by atoms with Crippen LogP contribution in [0.2, 0.25) is 0 Å². The summed E-state index contributed by atoms with van der Waals surface area (Å²) in [7, 11) is 5.99. The van der Waals surface area contributed by atoms with Gasteiger partial charge in [-0.15, -0.1) is 0 Å². The fourth-order valence-corrected chi connectivity index (χ4v) is 2.04. The van der Waals surface area contributed by atoms with E-state index >= 15 is 0 Å². The zero-order chi connectivity index (χ0) is 13.7. The van der Waals surface area contributed by atoms with Crippen LogP contribution < -0.4 is 10.6 Å². The minimum Gasteiger partial charge on any atom is -0.372 e. The maximum Gasteiger partial charge on any atom is 0.146 e. The highest BCUT2D eigenvalue weighted by Crippen LogP contribution is 2.27. The van der Waals surface area contributed by atoms with E-state index in [9.17, 15) is 4.39 Å². The summed E-state index contributed by atoms with van der Waals surface area (Å²) < 4.78 is 13.9. The highest BCUT2D eigenvalue weighted by atomic mass is 19.1. The summed E-state index contributed by atoms with van der Waals surface area (Å²) in [5, 5.41) is 0. The van der Waals surface area contributed by atoms with Crippen molar-refractivity contribution < 1.29 is 4.39 Å². The second-order valence-electron chi connectivity index (χ2n) is 5.04. The number of rotatable bonds is 6. The van der Waals surface area contributed by atoms with Gasteiger partial charge in [-0.2, -0.15) is 0 Å². The number of anilines is 1. The SMILES string of the molecule is C[C@H](N)c1cccc(F)c1N(C)CCCN(C)C. The van der Waals surface area contributed by atoms with Crippen LogP contribution in [0.5, 0.6) is 0 Å². The van der Waals surface area contributed by atoms with Crippen molar-refractivity contribution in [3.63, 3.8) is 0 Å². The number of para-hydroxylation sites is 1. The molecule has 3 nitrogen and oxygen atoms in total. The standard InChI is InChI=1S/C14H24FN3/c1-11(16)12-7-5-8-13(15)14(12)18(4)10-6-9-17(2)3/h5,7-8,11H,6,9-10,16H2,1-4H3/t11-/m0/s1. The molecule has 0 saturated heterocycles. The molecule has 4 heteroatoms. The molecule has 2 N–H and O–H groups in total. The van der Waals surface area contributed by atoms with Crippen LogP contribution in [0.25, 0.3) is 0 Å². The summed E-state index contributed by atoms with van der Waals surface area (Å²) >= 11 is 0. The predicted molar refractivity (Wildman–Crippen MR) is 75.4 cm³/mol. The first kappa shape index (κ1) is 14.9. The fourth-order valence-electron chi connectivity index (χ4n) is 2.04. The number of hydrogen-bond acceptors (Lipinski definition) is 3. The van der Waals surface area contributed by atoms with Crippen molar-refractivity contribution >= 4 is 5.69 Å². The lowest BCUT2D eigenvalue weighted by Gasteiger charge is -2.25. The van der Waals surface area contributed by atoms with Gasteiger partial charge in [-0.3, -0.25) is 0 Å². The second kappa shape index (κ2) is 6.71. The van der Waals surface area contributed by atoms with Gasteiger partial charge in [0.25, 0.3) is 0 Å². The number of benzene rings is 1. The molecule has 102 valence electrons. The molecule has 1 rings (SSSR count). The van der Waals surface area contributed by atoms with Crippen molar-refractivity contribution in [2.24, 2.45) is 5.73 Å². The molecule has 0 aliphatic carbocycles. The number of hydrogen-bond donors (Lipinski definition) is 1. The smallest absolute Gasteiger partial charge is 0.146 e. The second-order valence-corrected chi connectivity index (χ2v) is 5.04. The molecule has 0 aliphatic heterocycles. The normalized spacial score (nSPS) is 12.8. The molecule has 0 bridgehead atoms. The van der Waals surface area contributed by atoms with E-state index in [1.807, 2.05) is 39.0 Å². The summed E-state index contributed by atoms with van der Waals surface area (Å²) in [4.78, 5) is 4.08. The lowest BCUT2D eigenvalue weighted by atomic mass is 10.1. The van der Waals surface area contributed by atoms with Crippen molar-refractivity contribution in [2.45, 2.75) is 19.4 Å². The Balaban J connectivity index is 2.80. The molecule has 18 heavy (non-hydrogen) atoms. The van der Waals surface area contributed by atoms with Gasteiger partial charge >= 0.3 is 0 Å². The third kappa shape index (κ3) is 3.96. The van der Waals surface area contributed by atoms with E-state index in [1.54, 1.807) is 6.07 Å². The zero-order valence-electron chi connectivity index (χ0n) is 11.8. The van der Waals surface area contributed by atoms with E-state index in [2.05, 4.69) is 4.90 Å². The van der Waals surface area contributed by atoms with E-state index in [0.29, 0.717) is 5.69 Å². The van der Waals surface area contributed by atoms with E-state index in [-0.39, 0.29) is 11.9 Å². The Kier molecular flexibility index (Phi) is 5.56. The third-order valence-electron chi connectivity index (χ3n) is 2.99. The van der Waals surface area contributed by atoms with Crippen LogP contribution in [-0.4, -0.2) is 39.1 Å². The van der Waals surface area contributed by atoms with Crippen LogP contribution >= 0.6 is 0 Å². The molecule has 0 spiro atoms. The number of halogens is 1. The van der Waals surface area contributed by atoms with Crippen molar-refractivity contribution in [1.29, 1.82) is 0 Å². The molecule has 0 amide bonds. The maximum atomic E-state index is 13.9. The molecule has 1 aromatic carbocycles. The monoisotopic (exact) mass is 253 g/mol. The largest absolute Gasteiger partial charge is 0.372 e. The van der Waals surface area contributed by atoms with Gasteiger partial charge in [0.2, 0.25) is 0 Å². The predicted octanol–water partition coefficient (Wildman–Crippen LogP) is 2.23. The van der Waals surface area contributed by atoms with E-state index in [0.717, 1.165) is 25.1 Å². The fraction of sp³-hybridized carbons (Fsp3) is 0.571. The van der Waals surface area contributed by atoms with Gasteiger partial charge in [-0.25, -0.2) is 4.39 Å². The molecule has 0 unspecified atom stereocenters. The Labute approximate surface area is 109 Å². The Morgan fingerprint density at radius 1 is 1.22 bits per heavy atom. The molecule has 0 fully saturated rings. The van der Waals surface area contributed by atoms with E-state index in [1.165, 1.54) is 6.07 Å². The molecule has 0 saturated carbocycles. The maximum absolute atomic E-state index is 13.9. The van der Waals surface area contributed by atoms with Crippen LogP contribution in [-0.2, 0) is 0 Å². The average Bonchev–Trinajstić information content (AvgIpc) is 2.27. The highest BCUT2D eigenvalue weighted by molar-refractivity contribution is 5.55.